The van der Waals surface area contributed by atoms with Crippen molar-refractivity contribution < 1.29 is 4.79 Å². The molecule has 0 bridgehead atoms. The second-order valence-corrected chi connectivity index (χ2v) is 9.42. The fourth-order valence-electron chi connectivity index (χ4n) is 3.99. The molecule has 0 spiro atoms. The Labute approximate surface area is 201 Å². The highest BCUT2D eigenvalue weighted by Gasteiger charge is 2.28. The maximum absolute atomic E-state index is 13.6. The number of para-hydroxylation sites is 2. The number of aromatic nitrogens is 2. The van der Waals surface area contributed by atoms with E-state index in [-0.39, 0.29) is 17.4 Å². The number of nitrogens with zero attached hydrogens (tertiary/aromatic N) is 3. The fraction of sp³-hybridized carbons (Fsp3) is 0.222. The lowest BCUT2D eigenvalue weighted by molar-refractivity contribution is 0.0655. The largest absolute Gasteiger partial charge is 0.328 e. The molecule has 1 atom stereocenters. The van der Waals surface area contributed by atoms with E-state index in [1.54, 1.807) is 10.6 Å². The molecule has 1 unspecified atom stereocenters. The highest BCUT2D eigenvalue weighted by Crippen LogP contribution is 2.26. The lowest BCUT2D eigenvalue weighted by atomic mass is 10.1. The van der Waals surface area contributed by atoms with E-state index >= 15 is 0 Å². The molecule has 0 saturated carbocycles. The number of halogens is 1. The fourth-order valence-corrected chi connectivity index (χ4v) is 4.39. The Morgan fingerprint density at radius 1 is 0.970 bits per heavy atom. The van der Waals surface area contributed by atoms with Gasteiger partial charge in [-0.1, -0.05) is 66.2 Å². The molecular weight excluding hydrogens is 478 g/mol. The maximum Gasteiger partial charge on any atom is 0.266 e. The molecule has 5 nitrogen and oxygen atoms in total. The van der Waals surface area contributed by atoms with Crippen LogP contribution in [0.2, 0.25) is 0 Å². The lowest BCUT2D eigenvalue weighted by Crippen LogP contribution is -2.39. The van der Waals surface area contributed by atoms with Gasteiger partial charge in [0, 0.05) is 16.6 Å². The van der Waals surface area contributed by atoms with E-state index in [1.165, 1.54) is 0 Å². The van der Waals surface area contributed by atoms with E-state index in [0.29, 0.717) is 28.8 Å². The van der Waals surface area contributed by atoms with Crippen LogP contribution in [0.5, 0.6) is 0 Å². The predicted molar refractivity (Wildman–Crippen MR) is 136 cm³/mol. The van der Waals surface area contributed by atoms with Gasteiger partial charge in [-0.25, -0.2) is 4.98 Å². The molecule has 3 aromatic carbocycles. The van der Waals surface area contributed by atoms with Crippen LogP contribution in [-0.4, -0.2) is 26.9 Å². The summed E-state index contributed by atoms with van der Waals surface area (Å²) in [7, 11) is 0. The van der Waals surface area contributed by atoms with Gasteiger partial charge >= 0.3 is 0 Å². The maximum atomic E-state index is 13.6. The van der Waals surface area contributed by atoms with Crippen molar-refractivity contribution in [3.05, 3.63) is 105 Å². The van der Waals surface area contributed by atoms with Crippen molar-refractivity contribution in [2.45, 2.75) is 26.8 Å². The minimum Gasteiger partial charge on any atom is -0.328 e. The molecule has 0 N–H and O–H groups in total. The van der Waals surface area contributed by atoms with Crippen molar-refractivity contribution in [3.8, 4) is 5.69 Å². The van der Waals surface area contributed by atoms with Crippen LogP contribution in [0.3, 0.4) is 0 Å². The molecule has 0 aliphatic carbocycles. The lowest BCUT2D eigenvalue weighted by Gasteiger charge is -2.32. The summed E-state index contributed by atoms with van der Waals surface area (Å²) in [6.45, 7) is 6.62. The SMILES string of the molecule is CC(C)CN(C(=O)c1cccc(Br)c1)C(C)c1nc2ccccc2c(=O)n1-c1ccccc1. The number of carbonyl (C=O) groups excluding carboxylic acids is 1. The van der Waals surface area contributed by atoms with Crippen LogP contribution in [0.4, 0.5) is 0 Å². The van der Waals surface area contributed by atoms with Crippen molar-refractivity contribution in [2.75, 3.05) is 6.54 Å². The molecule has 4 aromatic rings. The van der Waals surface area contributed by atoms with E-state index < -0.39 is 6.04 Å². The Morgan fingerprint density at radius 3 is 2.36 bits per heavy atom. The first-order chi connectivity index (χ1) is 15.9. The molecule has 168 valence electrons. The number of benzene rings is 3. The summed E-state index contributed by atoms with van der Waals surface area (Å²) < 4.78 is 2.48. The minimum atomic E-state index is -0.434. The molecule has 0 radical (unpaired) electrons. The highest BCUT2D eigenvalue weighted by molar-refractivity contribution is 9.10. The first-order valence-electron chi connectivity index (χ1n) is 11.0. The number of fused-ring (bicyclic) bond motifs is 1. The van der Waals surface area contributed by atoms with Gasteiger partial charge < -0.3 is 4.90 Å². The van der Waals surface area contributed by atoms with Crippen LogP contribution in [-0.2, 0) is 0 Å². The summed E-state index contributed by atoms with van der Waals surface area (Å²) in [6, 6.07) is 23.7. The zero-order chi connectivity index (χ0) is 23.5. The molecule has 0 aliphatic rings. The summed E-state index contributed by atoms with van der Waals surface area (Å²) in [5, 5.41) is 0.547. The smallest absolute Gasteiger partial charge is 0.266 e. The molecular formula is C27H26BrN3O2. The Balaban J connectivity index is 1.91. The van der Waals surface area contributed by atoms with Crippen molar-refractivity contribution in [1.82, 2.24) is 14.5 Å². The first kappa shape index (κ1) is 22.9. The normalized spacial score (nSPS) is 12.2. The van der Waals surface area contributed by atoms with Crippen molar-refractivity contribution in [3.63, 3.8) is 0 Å². The summed E-state index contributed by atoms with van der Waals surface area (Å²) in [6.07, 6.45) is 0. The molecule has 4 rings (SSSR count). The van der Waals surface area contributed by atoms with Crippen molar-refractivity contribution in [2.24, 2.45) is 5.92 Å². The Kier molecular flexibility index (Phi) is 6.75. The van der Waals surface area contributed by atoms with Crippen LogP contribution >= 0.6 is 15.9 Å². The monoisotopic (exact) mass is 503 g/mol. The molecule has 1 heterocycles. The first-order valence-corrected chi connectivity index (χ1v) is 11.8. The van der Waals surface area contributed by atoms with Gasteiger partial charge in [0.1, 0.15) is 5.82 Å². The van der Waals surface area contributed by atoms with E-state index in [1.807, 2.05) is 84.6 Å². The third-order valence-electron chi connectivity index (χ3n) is 5.55. The third kappa shape index (κ3) is 4.76. The van der Waals surface area contributed by atoms with Crippen molar-refractivity contribution >= 4 is 32.7 Å². The number of hydrogen-bond donors (Lipinski definition) is 0. The summed E-state index contributed by atoms with van der Waals surface area (Å²) in [5.41, 5.74) is 1.79. The van der Waals surface area contributed by atoms with Gasteiger partial charge in [0.25, 0.3) is 11.5 Å². The summed E-state index contributed by atoms with van der Waals surface area (Å²) in [5.74, 6) is 0.675. The number of amides is 1. The second-order valence-electron chi connectivity index (χ2n) is 8.50. The average Bonchev–Trinajstić information content (AvgIpc) is 2.82. The summed E-state index contributed by atoms with van der Waals surface area (Å²) in [4.78, 5) is 33.9. The molecule has 0 fully saturated rings. The molecule has 1 amide bonds. The van der Waals surface area contributed by atoms with Gasteiger partial charge in [0.05, 0.1) is 22.6 Å². The van der Waals surface area contributed by atoms with Crippen LogP contribution in [0.25, 0.3) is 16.6 Å². The van der Waals surface area contributed by atoms with E-state index in [2.05, 4.69) is 29.8 Å². The zero-order valence-corrected chi connectivity index (χ0v) is 20.5. The second kappa shape index (κ2) is 9.71. The third-order valence-corrected chi connectivity index (χ3v) is 6.04. The number of rotatable bonds is 6. The van der Waals surface area contributed by atoms with Crippen molar-refractivity contribution in [1.29, 1.82) is 0 Å². The van der Waals surface area contributed by atoms with Crippen LogP contribution in [0, 0.1) is 5.92 Å². The molecule has 1 aromatic heterocycles. The number of carbonyl (C=O) groups is 1. The standard InChI is InChI=1S/C27H26BrN3O2/c1-18(2)17-30(26(32)20-10-9-11-21(28)16-20)19(3)25-29-24-15-8-7-14-23(24)27(33)31(25)22-12-5-4-6-13-22/h4-16,18-19H,17H2,1-3H3. The topological polar surface area (TPSA) is 55.2 Å². The molecule has 0 aliphatic heterocycles. The molecule has 33 heavy (non-hydrogen) atoms. The van der Waals surface area contributed by atoms with E-state index in [9.17, 15) is 9.59 Å². The van der Waals surface area contributed by atoms with Gasteiger partial charge in [0.2, 0.25) is 0 Å². The summed E-state index contributed by atoms with van der Waals surface area (Å²) >= 11 is 3.46. The van der Waals surface area contributed by atoms with Crippen LogP contribution in [0.1, 0.15) is 43.0 Å². The van der Waals surface area contributed by atoms with E-state index in [0.717, 1.165) is 10.2 Å². The van der Waals surface area contributed by atoms with Gasteiger partial charge in [-0.05, 0) is 55.3 Å². The quantitative estimate of drug-likeness (QED) is 0.323. The Hall–Kier alpha value is -3.25. The number of hydrogen-bond acceptors (Lipinski definition) is 3. The van der Waals surface area contributed by atoms with Crippen LogP contribution in [0.15, 0.2) is 88.1 Å². The molecule has 6 heteroatoms. The van der Waals surface area contributed by atoms with Crippen LogP contribution < -0.4 is 5.56 Å². The van der Waals surface area contributed by atoms with Gasteiger partial charge in [-0.3, -0.25) is 14.2 Å². The Morgan fingerprint density at radius 2 is 1.67 bits per heavy atom. The molecule has 0 saturated heterocycles. The predicted octanol–water partition coefficient (Wildman–Crippen LogP) is 6.01. The Bertz CT molecular complexity index is 1350. The van der Waals surface area contributed by atoms with Gasteiger partial charge in [-0.2, -0.15) is 0 Å². The van der Waals surface area contributed by atoms with E-state index in [4.69, 9.17) is 4.98 Å². The average molecular weight is 504 g/mol. The highest BCUT2D eigenvalue weighted by atomic mass is 79.9. The zero-order valence-electron chi connectivity index (χ0n) is 18.9. The van der Waals surface area contributed by atoms with Gasteiger partial charge in [0.15, 0.2) is 0 Å². The van der Waals surface area contributed by atoms with Gasteiger partial charge in [-0.15, -0.1) is 0 Å². The minimum absolute atomic E-state index is 0.0977.